The lowest BCUT2D eigenvalue weighted by atomic mass is 10.3. The molecule has 0 amide bonds. The number of hydrogen-bond donors (Lipinski definition) is 1. The first kappa shape index (κ1) is 18.7. The van der Waals surface area contributed by atoms with E-state index in [0.717, 1.165) is 47.3 Å². The van der Waals surface area contributed by atoms with Gasteiger partial charge >= 0.3 is 0 Å². The molecule has 0 aliphatic carbocycles. The highest BCUT2D eigenvalue weighted by Crippen LogP contribution is 2.32. The van der Waals surface area contributed by atoms with E-state index in [1.165, 1.54) is 12.1 Å². The third kappa shape index (κ3) is 4.17. The molecule has 0 unspecified atom stereocenters. The number of aromatic nitrogens is 3. The van der Waals surface area contributed by atoms with Crippen LogP contribution in [0.15, 0.2) is 54.7 Å². The molecule has 2 aromatic carbocycles. The molecule has 9 heteroatoms. The lowest BCUT2D eigenvalue weighted by Gasteiger charge is -2.25. The normalized spacial score (nSPS) is 14.1. The summed E-state index contributed by atoms with van der Waals surface area (Å²) < 4.78 is 25.2. The summed E-state index contributed by atoms with van der Waals surface area (Å²) >= 11 is 1.66. The fourth-order valence-electron chi connectivity index (χ4n) is 3.09. The molecule has 1 saturated heterocycles. The molecule has 1 fully saturated rings. The van der Waals surface area contributed by atoms with Crippen LogP contribution in [0.2, 0.25) is 0 Å². The smallest absolute Gasteiger partial charge is 0.230 e. The minimum atomic E-state index is -0.317. The van der Waals surface area contributed by atoms with Crippen LogP contribution >= 0.6 is 11.3 Å². The van der Waals surface area contributed by atoms with Gasteiger partial charge in [0.15, 0.2) is 5.13 Å². The fourth-order valence-corrected chi connectivity index (χ4v) is 4.15. The fraction of sp³-hybridized carbons (Fsp3) is 0.190. The third-order valence-electron chi connectivity index (χ3n) is 4.58. The first-order valence-electron chi connectivity index (χ1n) is 9.50. The molecule has 0 atom stereocenters. The largest absolute Gasteiger partial charge is 0.439 e. The first-order valence-corrected chi connectivity index (χ1v) is 10.3. The van der Waals surface area contributed by atoms with Crippen LogP contribution in [0.4, 0.5) is 21.2 Å². The molecule has 0 saturated carbocycles. The van der Waals surface area contributed by atoms with E-state index in [2.05, 4.69) is 20.2 Å². The zero-order chi connectivity index (χ0) is 20.3. The molecule has 0 radical (unpaired) electrons. The van der Waals surface area contributed by atoms with Gasteiger partial charge in [0.1, 0.15) is 11.6 Å². The van der Waals surface area contributed by atoms with Crippen LogP contribution in [-0.4, -0.2) is 41.3 Å². The zero-order valence-corrected chi connectivity index (χ0v) is 16.7. The van der Waals surface area contributed by atoms with Crippen molar-refractivity contribution in [2.75, 3.05) is 36.5 Å². The molecule has 30 heavy (non-hydrogen) atoms. The Hall–Kier alpha value is -3.30. The lowest BCUT2D eigenvalue weighted by Crippen LogP contribution is -2.36. The minimum Gasteiger partial charge on any atom is -0.439 e. The molecule has 0 spiro atoms. The molecule has 7 nitrogen and oxygen atoms in total. The number of benzene rings is 2. The molecular formula is C21H18FN5O2S. The lowest BCUT2D eigenvalue weighted by molar-refractivity contribution is 0.122. The van der Waals surface area contributed by atoms with Crippen LogP contribution in [0.25, 0.3) is 10.2 Å². The number of nitrogens with zero attached hydrogens (tertiary/aromatic N) is 4. The van der Waals surface area contributed by atoms with E-state index >= 15 is 0 Å². The maximum Gasteiger partial charge on any atom is 0.230 e. The van der Waals surface area contributed by atoms with Gasteiger partial charge in [0, 0.05) is 31.0 Å². The van der Waals surface area contributed by atoms with Crippen molar-refractivity contribution in [2.45, 2.75) is 0 Å². The van der Waals surface area contributed by atoms with E-state index in [4.69, 9.17) is 14.5 Å². The Morgan fingerprint density at radius 1 is 1.03 bits per heavy atom. The molecule has 3 heterocycles. The highest BCUT2D eigenvalue weighted by Gasteiger charge is 2.15. The van der Waals surface area contributed by atoms with E-state index in [9.17, 15) is 4.39 Å². The van der Waals surface area contributed by atoms with Gasteiger partial charge in [-0.3, -0.25) is 0 Å². The molecular weight excluding hydrogens is 405 g/mol. The quantitative estimate of drug-likeness (QED) is 0.503. The monoisotopic (exact) mass is 423 g/mol. The summed E-state index contributed by atoms with van der Waals surface area (Å²) in [6.45, 7) is 3.19. The highest BCUT2D eigenvalue weighted by molar-refractivity contribution is 7.22. The summed E-state index contributed by atoms with van der Waals surface area (Å²) in [5.74, 6) is 0.963. The van der Waals surface area contributed by atoms with E-state index < -0.39 is 0 Å². The van der Waals surface area contributed by atoms with Gasteiger partial charge in [-0.15, -0.1) is 0 Å². The van der Waals surface area contributed by atoms with Gasteiger partial charge in [-0.2, -0.15) is 4.98 Å². The van der Waals surface area contributed by atoms with Crippen molar-refractivity contribution in [3.05, 3.63) is 60.5 Å². The maximum atomic E-state index is 13.0. The molecule has 152 valence electrons. The second kappa shape index (κ2) is 8.21. The van der Waals surface area contributed by atoms with Crippen molar-refractivity contribution in [1.29, 1.82) is 0 Å². The number of rotatable bonds is 5. The van der Waals surface area contributed by atoms with Crippen molar-refractivity contribution in [3.8, 4) is 11.6 Å². The molecule has 5 rings (SSSR count). The van der Waals surface area contributed by atoms with Gasteiger partial charge in [0.05, 0.1) is 23.4 Å². The van der Waals surface area contributed by atoms with Gasteiger partial charge in [0.25, 0.3) is 0 Å². The predicted molar refractivity (Wildman–Crippen MR) is 114 cm³/mol. The summed E-state index contributed by atoms with van der Waals surface area (Å²) in [5.41, 5.74) is 1.82. The predicted octanol–water partition coefficient (Wildman–Crippen LogP) is 4.60. The number of hydrogen-bond acceptors (Lipinski definition) is 8. The van der Waals surface area contributed by atoms with Gasteiger partial charge in [-0.1, -0.05) is 11.3 Å². The van der Waals surface area contributed by atoms with Crippen molar-refractivity contribution in [3.63, 3.8) is 0 Å². The standard InChI is InChI=1S/C21H18FN5O2S/c22-14-1-4-16(5-2-14)29-19-7-8-23-20(26-19)24-15-3-6-17-18(13-15)30-21(25-17)27-9-11-28-12-10-27/h1-8,13H,9-12H2,(H,23,24,26). The molecule has 2 aromatic heterocycles. The molecule has 0 bridgehead atoms. The van der Waals surface area contributed by atoms with Crippen LogP contribution in [-0.2, 0) is 4.74 Å². The number of halogens is 1. The second-order valence-corrected chi connectivity index (χ2v) is 7.69. The Kier molecular flexibility index (Phi) is 5.12. The summed E-state index contributed by atoms with van der Waals surface area (Å²) in [6.07, 6.45) is 1.61. The summed E-state index contributed by atoms with van der Waals surface area (Å²) in [4.78, 5) is 15.6. The van der Waals surface area contributed by atoms with Gasteiger partial charge in [-0.05, 0) is 42.5 Å². The molecule has 1 aliphatic rings. The van der Waals surface area contributed by atoms with Crippen LogP contribution in [0.5, 0.6) is 11.6 Å². The summed E-state index contributed by atoms with van der Waals surface area (Å²) in [5, 5.41) is 4.21. The average molecular weight is 423 g/mol. The molecule has 4 aromatic rings. The van der Waals surface area contributed by atoms with Crippen LogP contribution < -0.4 is 15.0 Å². The maximum absolute atomic E-state index is 13.0. The third-order valence-corrected chi connectivity index (χ3v) is 5.66. The number of thiazole rings is 1. The van der Waals surface area contributed by atoms with E-state index in [1.54, 1.807) is 35.7 Å². The van der Waals surface area contributed by atoms with Crippen LogP contribution in [0, 0.1) is 5.82 Å². The van der Waals surface area contributed by atoms with Gasteiger partial charge in [-0.25, -0.2) is 14.4 Å². The Bertz CT molecular complexity index is 1160. The van der Waals surface area contributed by atoms with Crippen molar-refractivity contribution in [2.24, 2.45) is 0 Å². The number of ether oxygens (including phenoxy) is 2. The van der Waals surface area contributed by atoms with E-state index in [-0.39, 0.29) is 5.82 Å². The Morgan fingerprint density at radius 3 is 2.70 bits per heavy atom. The van der Waals surface area contributed by atoms with Crippen molar-refractivity contribution >= 4 is 38.3 Å². The van der Waals surface area contributed by atoms with Crippen molar-refractivity contribution in [1.82, 2.24) is 15.0 Å². The number of fused-ring (bicyclic) bond motifs is 1. The number of morpholine rings is 1. The zero-order valence-electron chi connectivity index (χ0n) is 15.9. The minimum absolute atomic E-state index is 0.317. The van der Waals surface area contributed by atoms with Gasteiger partial charge in [0.2, 0.25) is 11.8 Å². The molecule has 1 N–H and O–H groups in total. The number of anilines is 3. The second-order valence-electron chi connectivity index (χ2n) is 6.68. The Balaban J connectivity index is 1.33. The van der Waals surface area contributed by atoms with Gasteiger partial charge < -0.3 is 19.7 Å². The van der Waals surface area contributed by atoms with Crippen molar-refractivity contribution < 1.29 is 13.9 Å². The number of nitrogens with one attached hydrogen (secondary N) is 1. The van der Waals surface area contributed by atoms with E-state index in [0.29, 0.717) is 17.6 Å². The topological polar surface area (TPSA) is 72.4 Å². The SMILES string of the molecule is Fc1ccc(Oc2ccnc(Nc3ccc4nc(N5CCOCC5)sc4c3)n2)cc1. The highest BCUT2D eigenvalue weighted by atomic mass is 32.1. The summed E-state index contributed by atoms with van der Waals surface area (Å²) in [7, 11) is 0. The van der Waals surface area contributed by atoms with Crippen LogP contribution in [0.3, 0.4) is 0 Å². The summed E-state index contributed by atoms with van der Waals surface area (Å²) in [6, 6.07) is 13.4. The van der Waals surface area contributed by atoms with Crippen LogP contribution in [0.1, 0.15) is 0 Å². The Morgan fingerprint density at radius 2 is 1.87 bits per heavy atom. The first-order chi connectivity index (χ1) is 14.7. The average Bonchev–Trinajstić information content (AvgIpc) is 3.20. The Labute approximate surface area is 176 Å². The van der Waals surface area contributed by atoms with E-state index in [1.807, 2.05) is 18.2 Å². The molecule has 1 aliphatic heterocycles.